The molecule has 2 rings (SSSR count). The number of nitrogens with zero attached hydrogens (tertiary/aromatic N) is 2. The third kappa shape index (κ3) is 2.60. The summed E-state index contributed by atoms with van der Waals surface area (Å²) in [5.41, 5.74) is 0.688. The summed E-state index contributed by atoms with van der Waals surface area (Å²) in [5.74, 6) is 0. The van der Waals surface area contributed by atoms with E-state index in [-0.39, 0.29) is 6.61 Å². The fraction of sp³-hybridized carbons (Fsp3) is 0.231. The Morgan fingerprint density at radius 1 is 1.33 bits per heavy atom. The molecule has 0 spiro atoms. The number of para-hydroxylation sites is 1. The van der Waals surface area contributed by atoms with Crippen molar-refractivity contribution >= 4 is 17.3 Å². The van der Waals surface area contributed by atoms with Crippen LogP contribution in [0.15, 0.2) is 42.9 Å². The largest absolute Gasteiger partial charge is 0.394 e. The third-order valence-electron chi connectivity index (χ3n) is 2.73. The van der Waals surface area contributed by atoms with E-state index in [0.717, 1.165) is 5.69 Å². The van der Waals surface area contributed by atoms with E-state index in [1.54, 1.807) is 24.7 Å². The number of aromatic nitrogens is 2. The molecule has 1 aromatic heterocycles. The highest BCUT2D eigenvalue weighted by Gasteiger charge is 2.28. The summed E-state index contributed by atoms with van der Waals surface area (Å²) in [6.45, 7) is 1.73. The molecule has 1 atom stereocenters. The lowest BCUT2D eigenvalue weighted by Crippen LogP contribution is -2.37. The molecule has 0 bridgehead atoms. The van der Waals surface area contributed by atoms with Crippen LogP contribution < -0.4 is 5.32 Å². The number of hydrogen-bond donors (Lipinski definition) is 2. The number of hydrogen-bond acceptors (Lipinski definition) is 4. The maximum absolute atomic E-state index is 9.62. The van der Waals surface area contributed by atoms with E-state index < -0.39 is 5.54 Å². The Morgan fingerprint density at radius 3 is 2.72 bits per heavy atom. The SMILES string of the molecule is CC(CO)(Nc1ccccc1Cl)c1cnccn1. The summed E-state index contributed by atoms with van der Waals surface area (Å²) in [6.07, 6.45) is 4.81. The first-order valence-corrected chi connectivity index (χ1v) is 5.93. The van der Waals surface area contributed by atoms with Crippen molar-refractivity contribution in [2.75, 3.05) is 11.9 Å². The summed E-state index contributed by atoms with van der Waals surface area (Å²) in [5, 5.41) is 13.4. The second-order valence-corrected chi connectivity index (χ2v) is 4.59. The molecule has 0 saturated heterocycles. The van der Waals surface area contributed by atoms with Crippen LogP contribution in [0.4, 0.5) is 5.69 Å². The zero-order chi connectivity index (χ0) is 13.0. The lowest BCUT2D eigenvalue weighted by molar-refractivity contribution is 0.220. The number of benzene rings is 1. The second kappa shape index (κ2) is 5.33. The number of anilines is 1. The van der Waals surface area contributed by atoms with Crippen LogP contribution in [0.3, 0.4) is 0 Å². The molecule has 2 N–H and O–H groups in total. The summed E-state index contributed by atoms with van der Waals surface area (Å²) in [6, 6.07) is 7.37. The number of nitrogens with one attached hydrogen (secondary N) is 1. The number of aliphatic hydroxyl groups is 1. The van der Waals surface area contributed by atoms with Crippen LogP contribution in [0, 0.1) is 0 Å². The van der Waals surface area contributed by atoms with Crippen molar-refractivity contribution in [1.82, 2.24) is 9.97 Å². The highest BCUT2D eigenvalue weighted by atomic mass is 35.5. The molecule has 2 aromatic rings. The van der Waals surface area contributed by atoms with Gasteiger partial charge in [-0.15, -0.1) is 0 Å². The van der Waals surface area contributed by atoms with Crippen molar-refractivity contribution < 1.29 is 5.11 Å². The van der Waals surface area contributed by atoms with E-state index in [0.29, 0.717) is 10.7 Å². The van der Waals surface area contributed by atoms with Crippen LogP contribution in [0.1, 0.15) is 12.6 Å². The topological polar surface area (TPSA) is 58.0 Å². The van der Waals surface area contributed by atoms with Gasteiger partial charge in [0.1, 0.15) is 5.54 Å². The molecule has 0 aliphatic carbocycles. The standard InChI is InChI=1S/C13H14ClN3O/c1-13(9-18,12-8-15-6-7-16-12)17-11-5-3-2-4-10(11)14/h2-8,17-18H,9H2,1H3. The molecule has 0 aliphatic rings. The summed E-state index contributed by atoms with van der Waals surface area (Å²) in [4.78, 5) is 8.24. The monoisotopic (exact) mass is 263 g/mol. The Bertz CT molecular complexity index is 521. The predicted octanol–water partition coefficient (Wildman–Crippen LogP) is 2.45. The molecular weight excluding hydrogens is 250 g/mol. The smallest absolute Gasteiger partial charge is 0.102 e. The first kappa shape index (κ1) is 12.8. The van der Waals surface area contributed by atoms with Crippen molar-refractivity contribution in [1.29, 1.82) is 0 Å². The fourth-order valence-corrected chi connectivity index (χ4v) is 1.81. The van der Waals surface area contributed by atoms with Gasteiger partial charge in [-0.1, -0.05) is 23.7 Å². The molecule has 0 amide bonds. The van der Waals surface area contributed by atoms with Crippen molar-refractivity contribution in [3.05, 3.63) is 53.6 Å². The Morgan fingerprint density at radius 2 is 2.11 bits per heavy atom. The van der Waals surface area contributed by atoms with Gasteiger partial charge in [0.05, 0.1) is 29.2 Å². The molecular formula is C13H14ClN3O. The molecule has 1 aromatic carbocycles. The van der Waals surface area contributed by atoms with Gasteiger partial charge in [-0.05, 0) is 19.1 Å². The molecule has 18 heavy (non-hydrogen) atoms. The van der Waals surface area contributed by atoms with Gasteiger partial charge in [-0.3, -0.25) is 9.97 Å². The maximum Gasteiger partial charge on any atom is 0.102 e. The van der Waals surface area contributed by atoms with Gasteiger partial charge in [0.15, 0.2) is 0 Å². The maximum atomic E-state index is 9.62. The minimum atomic E-state index is -0.723. The van der Waals surface area contributed by atoms with Crippen LogP contribution in [0.25, 0.3) is 0 Å². The molecule has 0 radical (unpaired) electrons. The average molecular weight is 264 g/mol. The van der Waals surface area contributed by atoms with Crippen molar-refractivity contribution in [3.63, 3.8) is 0 Å². The third-order valence-corrected chi connectivity index (χ3v) is 3.06. The van der Waals surface area contributed by atoms with Crippen LogP contribution in [0.5, 0.6) is 0 Å². The fourth-order valence-electron chi connectivity index (χ4n) is 1.63. The Balaban J connectivity index is 2.32. The van der Waals surface area contributed by atoms with Crippen LogP contribution >= 0.6 is 11.6 Å². The van der Waals surface area contributed by atoms with E-state index in [2.05, 4.69) is 15.3 Å². The second-order valence-electron chi connectivity index (χ2n) is 4.19. The van der Waals surface area contributed by atoms with Gasteiger partial charge in [-0.25, -0.2) is 0 Å². The summed E-state index contributed by atoms with van der Waals surface area (Å²) < 4.78 is 0. The minimum Gasteiger partial charge on any atom is -0.394 e. The lowest BCUT2D eigenvalue weighted by Gasteiger charge is -2.29. The quantitative estimate of drug-likeness (QED) is 0.890. The highest BCUT2D eigenvalue weighted by Crippen LogP contribution is 2.28. The number of rotatable bonds is 4. The van der Waals surface area contributed by atoms with Gasteiger partial charge >= 0.3 is 0 Å². The molecule has 1 heterocycles. The zero-order valence-electron chi connectivity index (χ0n) is 9.97. The Hall–Kier alpha value is -1.65. The molecule has 5 heteroatoms. The van der Waals surface area contributed by atoms with Crippen molar-refractivity contribution in [3.8, 4) is 0 Å². The average Bonchev–Trinajstić information content (AvgIpc) is 2.42. The highest BCUT2D eigenvalue weighted by molar-refractivity contribution is 6.33. The van der Waals surface area contributed by atoms with E-state index in [9.17, 15) is 5.11 Å². The zero-order valence-corrected chi connectivity index (χ0v) is 10.7. The number of aliphatic hydroxyl groups excluding tert-OH is 1. The van der Waals surface area contributed by atoms with E-state index >= 15 is 0 Å². The Labute approximate surface area is 111 Å². The Kier molecular flexibility index (Phi) is 3.79. The van der Waals surface area contributed by atoms with E-state index in [1.807, 2.05) is 25.1 Å². The van der Waals surface area contributed by atoms with Crippen LogP contribution in [-0.4, -0.2) is 21.7 Å². The normalized spacial score (nSPS) is 13.9. The van der Waals surface area contributed by atoms with Crippen molar-refractivity contribution in [2.24, 2.45) is 0 Å². The summed E-state index contributed by atoms with van der Waals surface area (Å²) in [7, 11) is 0. The van der Waals surface area contributed by atoms with Crippen LogP contribution in [0.2, 0.25) is 5.02 Å². The van der Waals surface area contributed by atoms with Gasteiger partial charge in [0.25, 0.3) is 0 Å². The molecule has 1 unspecified atom stereocenters. The molecule has 0 saturated carbocycles. The molecule has 0 aliphatic heterocycles. The van der Waals surface area contributed by atoms with Gasteiger partial charge in [-0.2, -0.15) is 0 Å². The van der Waals surface area contributed by atoms with Gasteiger partial charge in [0.2, 0.25) is 0 Å². The predicted molar refractivity (Wildman–Crippen MR) is 71.5 cm³/mol. The minimum absolute atomic E-state index is 0.114. The van der Waals surface area contributed by atoms with Gasteiger partial charge in [0, 0.05) is 12.4 Å². The first-order valence-electron chi connectivity index (χ1n) is 5.56. The number of halogens is 1. The lowest BCUT2D eigenvalue weighted by atomic mass is 9.99. The summed E-state index contributed by atoms with van der Waals surface area (Å²) >= 11 is 6.09. The molecule has 94 valence electrons. The van der Waals surface area contributed by atoms with E-state index in [4.69, 9.17) is 11.6 Å². The molecule has 4 nitrogen and oxygen atoms in total. The van der Waals surface area contributed by atoms with Crippen LogP contribution in [-0.2, 0) is 5.54 Å². The molecule has 0 fully saturated rings. The first-order chi connectivity index (χ1) is 8.65. The van der Waals surface area contributed by atoms with Gasteiger partial charge < -0.3 is 10.4 Å². The van der Waals surface area contributed by atoms with Crippen molar-refractivity contribution in [2.45, 2.75) is 12.5 Å². The van der Waals surface area contributed by atoms with E-state index in [1.165, 1.54) is 0 Å².